The maximum absolute atomic E-state index is 6.13. The van der Waals surface area contributed by atoms with Gasteiger partial charge in [0.15, 0.2) is 0 Å². The summed E-state index contributed by atoms with van der Waals surface area (Å²) in [7, 11) is 4.19. The Labute approximate surface area is 130 Å². The number of imidazole rings is 1. The molecule has 0 spiro atoms. The summed E-state index contributed by atoms with van der Waals surface area (Å²) < 4.78 is 2.28. The van der Waals surface area contributed by atoms with Gasteiger partial charge in [-0.05, 0) is 52.2 Å². The van der Waals surface area contributed by atoms with E-state index in [0.717, 1.165) is 41.3 Å². The van der Waals surface area contributed by atoms with Gasteiger partial charge in [0.05, 0.1) is 11.0 Å². The second kappa shape index (κ2) is 6.79. The highest BCUT2D eigenvalue weighted by atomic mass is 35.5. The first-order chi connectivity index (χ1) is 9.52. The van der Waals surface area contributed by atoms with Gasteiger partial charge in [0, 0.05) is 23.4 Å². The average Bonchev–Trinajstić information content (AvgIpc) is 2.73. The third kappa shape index (κ3) is 3.46. The molecule has 0 aliphatic heterocycles. The molecule has 0 saturated carbocycles. The SMILES string of the molecule is CC(CCN(C)C)n1c(CCCl)nc2ccc(Cl)cc21. The van der Waals surface area contributed by atoms with Crippen LogP contribution in [0, 0.1) is 0 Å². The van der Waals surface area contributed by atoms with Gasteiger partial charge in [-0.2, -0.15) is 0 Å². The van der Waals surface area contributed by atoms with Crippen molar-refractivity contribution in [3.63, 3.8) is 0 Å². The molecule has 2 aromatic rings. The minimum absolute atomic E-state index is 0.374. The maximum atomic E-state index is 6.13. The summed E-state index contributed by atoms with van der Waals surface area (Å²) in [5.74, 6) is 1.63. The summed E-state index contributed by atoms with van der Waals surface area (Å²) in [6.07, 6.45) is 1.85. The summed E-state index contributed by atoms with van der Waals surface area (Å²) in [5, 5.41) is 0.746. The zero-order valence-corrected chi connectivity index (χ0v) is 13.7. The lowest BCUT2D eigenvalue weighted by Gasteiger charge is -2.19. The fourth-order valence-corrected chi connectivity index (χ4v) is 2.78. The van der Waals surface area contributed by atoms with E-state index in [4.69, 9.17) is 28.2 Å². The highest BCUT2D eigenvalue weighted by Crippen LogP contribution is 2.26. The van der Waals surface area contributed by atoms with Gasteiger partial charge in [0.1, 0.15) is 5.82 Å². The molecule has 0 N–H and O–H groups in total. The zero-order chi connectivity index (χ0) is 14.7. The number of hydrogen-bond donors (Lipinski definition) is 0. The molecular weight excluding hydrogens is 293 g/mol. The molecule has 1 unspecified atom stereocenters. The molecule has 1 heterocycles. The first-order valence-electron chi connectivity index (χ1n) is 6.90. The number of fused-ring (bicyclic) bond motifs is 1. The van der Waals surface area contributed by atoms with Crippen LogP contribution >= 0.6 is 23.2 Å². The van der Waals surface area contributed by atoms with E-state index in [1.165, 1.54) is 0 Å². The topological polar surface area (TPSA) is 21.1 Å². The molecule has 20 heavy (non-hydrogen) atoms. The van der Waals surface area contributed by atoms with Crippen molar-refractivity contribution < 1.29 is 0 Å². The number of benzene rings is 1. The molecule has 0 aliphatic rings. The van der Waals surface area contributed by atoms with Crippen molar-refractivity contribution >= 4 is 34.2 Å². The predicted octanol–water partition coefficient (Wildman–Crippen LogP) is 3.98. The predicted molar refractivity (Wildman–Crippen MR) is 87.0 cm³/mol. The number of aryl methyl sites for hydroxylation is 1. The lowest BCUT2D eigenvalue weighted by Crippen LogP contribution is -2.18. The van der Waals surface area contributed by atoms with Crippen molar-refractivity contribution in [3.8, 4) is 0 Å². The number of hydrogen-bond acceptors (Lipinski definition) is 2. The van der Waals surface area contributed by atoms with Gasteiger partial charge in [-0.25, -0.2) is 4.98 Å². The Kier molecular flexibility index (Phi) is 5.30. The van der Waals surface area contributed by atoms with Gasteiger partial charge in [-0.1, -0.05) is 11.6 Å². The van der Waals surface area contributed by atoms with Crippen LogP contribution in [0.4, 0.5) is 0 Å². The van der Waals surface area contributed by atoms with Crippen LogP contribution in [-0.4, -0.2) is 41.0 Å². The highest BCUT2D eigenvalue weighted by Gasteiger charge is 2.16. The molecular formula is C15H21Cl2N3. The second-order valence-corrected chi connectivity index (χ2v) is 6.23. The molecule has 0 aliphatic carbocycles. The molecule has 0 amide bonds. The fourth-order valence-electron chi connectivity index (χ4n) is 2.44. The molecule has 1 atom stereocenters. The molecule has 110 valence electrons. The van der Waals surface area contributed by atoms with E-state index in [1.54, 1.807) is 0 Å². The van der Waals surface area contributed by atoms with E-state index < -0.39 is 0 Å². The fraction of sp³-hybridized carbons (Fsp3) is 0.533. The van der Waals surface area contributed by atoms with E-state index in [1.807, 2.05) is 18.2 Å². The molecule has 0 radical (unpaired) electrons. The molecule has 2 rings (SSSR count). The standard InChI is InChI=1S/C15H21Cl2N3/c1-11(7-9-19(2)3)20-14-10-12(17)4-5-13(14)18-15(20)6-8-16/h4-5,10-11H,6-9H2,1-3H3. The summed E-state index contributed by atoms with van der Waals surface area (Å²) in [5.41, 5.74) is 2.09. The molecule has 0 saturated heterocycles. The number of aromatic nitrogens is 2. The van der Waals surface area contributed by atoms with Crippen LogP contribution in [0.5, 0.6) is 0 Å². The van der Waals surface area contributed by atoms with Gasteiger partial charge in [0.2, 0.25) is 0 Å². The molecule has 5 heteroatoms. The molecule has 0 bridgehead atoms. The van der Waals surface area contributed by atoms with Crippen molar-refractivity contribution in [2.75, 3.05) is 26.5 Å². The number of alkyl halides is 1. The smallest absolute Gasteiger partial charge is 0.111 e. The van der Waals surface area contributed by atoms with E-state index in [9.17, 15) is 0 Å². The third-order valence-corrected chi connectivity index (χ3v) is 3.90. The van der Waals surface area contributed by atoms with Gasteiger partial charge >= 0.3 is 0 Å². The van der Waals surface area contributed by atoms with Crippen molar-refractivity contribution in [2.24, 2.45) is 0 Å². The Balaban J connectivity index is 2.41. The first-order valence-corrected chi connectivity index (χ1v) is 7.81. The van der Waals surface area contributed by atoms with Crippen molar-refractivity contribution in [2.45, 2.75) is 25.8 Å². The largest absolute Gasteiger partial charge is 0.325 e. The molecule has 3 nitrogen and oxygen atoms in total. The van der Waals surface area contributed by atoms with Gasteiger partial charge in [-0.3, -0.25) is 0 Å². The Morgan fingerprint density at radius 1 is 1.35 bits per heavy atom. The van der Waals surface area contributed by atoms with Crippen LogP contribution in [-0.2, 0) is 6.42 Å². The third-order valence-electron chi connectivity index (χ3n) is 3.48. The molecule has 0 fully saturated rings. The average molecular weight is 314 g/mol. The Bertz CT molecular complexity index is 578. The van der Waals surface area contributed by atoms with Crippen LogP contribution in [0.25, 0.3) is 11.0 Å². The van der Waals surface area contributed by atoms with Crippen LogP contribution in [0.3, 0.4) is 0 Å². The lowest BCUT2D eigenvalue weighted by molar-refractivity contribution is 0.357. The Hall–Kier alpha value is -0.770. The second-order valence-electron chi connectivity index (χ2n) is 5.41. The van der Waals surface area contributed by atoms with Gasteiger partial charge in [0.25, 0.3) is 0 Å². The minimum Gasteiger partial charge on any atom is -0.325 e. The van der Waals surface area contributed by atoms with Crippen LogP contribution in [0.1, 0.15) is 25.2 Å². The maximum Gasteiger partial charge on any atom is 0.111 e. The monoisotopic (exact) mass is 313 g/mol. The summed E-state index contributed by atoms with van der Waals surface area (Å²) >= 11 is 12.0. The van der Waals surface area contributed by atoms with Crippen LogP contribution in [0.2, 0.25) is 5.02 Å². The number of halogens is 2. The molecule has 1 aromatic carbocycles. The number of rotatable bonds is 6. The van der Waals surface area contributed by atoms with Crippen molar-refractivity contribution in [1.29, 1.82) is 0 Å². The van der Waals surface area contributed by atoms with Crippen molar-refractivity contribution in [1.82, 2.24) is 14.5 Å². The highest BCUT2D eigenvalue weighted by molar-refractivity contribution is 6.31. The summed E-state index contributed by atoms with van der Waals surface area (Å²) in [4.78, 5) is 6.90. The normalized spacial score (nSPS) is 13.3. The van der Waals surface area contributed by atoms with E-state index in [2.05, 4.69) is 30.5 Å². The van der Waals surface area contributed by atoms with Gasteiger partial charge < -0.3 is 9.47 Å². The summed E-state index contributed by atoms with van der Waals surface area (Å²) in [6.45, 7) is 3.27. The Morgan fingerprint density at radius 3 is 2.75 bits per heavy atom. The minimum atomic E-state index is 0.374. The number of nitrogens with zero attached hydrogens (tertiary/aromatic N) is 3. The van der Waals surface area contributed by atoms with Gasteiger partial charge in [-0.15, -0.1) is 11.6 Å². The zero-order valence-electron chi connectivity index (χ0n) is 12.2. The molecule has 1 aromatic heterocycles. The summed E-state index contributed by atoms with van der Waals surface area (Å²) in [6, 6.07) is 6.23. The van der Waals surface area contributed by atoms with E-state index >= 15 is 0 Å². The van der Waals surface area contributed by atoms with E-state index in [0.29, 0.717) is 11.9 Å². The Morgan fingerprint density at radius 2 is 2.10 bits per heavy atom. The van der Waals surface area contributed by atoms with E-state index in [-0.39, 0.29) is 0 Å². The van der Waals surface area contributed by atoms with Crippen LogP contribution in [0.15, 0.2) is 18.2 Å². The first kappa shape index (κ1) is 15.6. The quantitative estimate of drug-likeness (QED) is 0.752. The van der Waals surface area contributed by atoms with Crippen LogP contribution < -0.4 is 0 Å². The van der Waals surface area contributed by atoms with Crippen molar-refractivity contribution in [3.05, 3.63) is 29.0 Å². The lowest BCUT2D eigenvalue weighted by atomic mass is 10.2.